The van der Waals surface area contributed by atoms with Crippen LogP contribution in [0.4, 0.5) is 0 Å². The molecule has 10 aromatic rings. The van der Waals surface area contributed by atoms with E-state index in [1.54, 1.807) is 7.11 Å². The molecular weight excluding hydrogens is 896 g/mol. The van der Waals surface area contributed by atoms with Crippen LogP contribution in [0, 0.1) is 32.9 Å². The van der Waals surface area contributed by atoms with E-state index >= 15 is 0 Å². The third-order valence-corrected chi connectivity index (χ3v) is 11.2. The van der Waals surface area contributed by atoms with E-state index in [9.17, 15) is 0 Å². The molecule has 0 aliphatic rings. The van der Waals surface area contributed by atoms with Gasteiger partial charge in [0.25, 0.3) is 0 Å². The van der Waals surface area contributed by atoms with Crippen molar-refractivity contribution in [3.8, 4) is 22.3 Å². The number of imidazole rings is 2. The standard InChI is InChI=1S/C28H27N2O2.C23H17N2.Pt/c1-4-21(31-3)18-32-17-20-12-13-22(19(2)16-20)23-9-7-10-25-27(23)24-8-5-6-11-26(24)30-15-14-29-28(25)30;1-15-10-11-17(16(2)14-15)18-7-5-8-20-22(18)19-6-3-4-9-21(19)25-13-12-24-23(20)25;/h5-9,11-16,21H,4,17-18H2,1-3H3;3-7,9-14H,1-2H3;/q2*-1;+2. The number of methoxy groups -OCH3 is 1. The minimum Gasteiger partial charge on any atom is -0.379 e. The quantitative estimate of drug-likeness (QED) is 0.113. The van der Waals surface area contributed by atoms with Gasteiger partial charge in [0, 0.05) is 42.9 Å². The average Bonchev–Trinajstić information content (AvgIpc) is 3.95. The molecule has 6 aromatic carbocycles. The van der Waals surface area contributed by atoms with Gasteiger partial charge in [0.1, 0.15) is 0 Å². The van der Waals surface area contributed by atoms with Gasteiger partial charge in [-0.1, -0.05) is 118 Å². The van der Waals surface area contributed by atoms with E-state index in [2.05, 4.69) is 156 Å². The van der Waals surface area contributed by atoms with Crippen molar-refractivity contribution in [3.63, 3.8) is 0 Å². The Morgan fingerprint density at radius 2 is 1.17 bits per heavy atom. The molecule has 10 rings (SSSR count). The maximum atomic E-state index is 5.89. The molecule has 7 heteroatoms. The van der Waals surface area contributed by atoms with Crippen LogP contribution >= 0.6 is 0 Å². The van der Waals surface area contributed by atoms with Crippen molar-refractivity contribution in [3.05, 3.63) is 168 Å². The van der Waals surface area contributed by atoms with E-state index in [0.29, 0.717) is 13.2 Å². The van der Waals surface area contributed by atoms with Gasteiger partial charge in [-0.25, -0.2) is 0 Å². The zero-order chi connectivity index (χ0) is 39.0. The molecule has 0 radical (unpaired) electrons. The summed E-state index contributed by atoms with van der Waals surface area (Å²) >= 11 is 0. The second kappa shape index (κ2) is 16.7. The summed E-state index contributed by atoms with van der Waals surface area (Å²) in [6, 6.07) is 45.5. The molecule has 1 unspecified atom stereocenters. The molecule has 0 spiro atoms. The number of aromatic nitrogens is 4. The summed E-state index contributed by atoms with van der Waals surface area (Å²) in [5.74, 6) is 0. The third kappa shape index (κ3) is 7.00. The summed E-state index contributed by atoms with van der Waals surface area (Å²) in [7, 11) is 1.74. The maximum Gasteiger partial charge on any atom is 2.00 e. The van der Waals surface area contributed by atoms with Gasteiger partial charge in [-0.2, -0.15) is 0 Å². The first-order valence-electron chi connectivity index (χ1n) is 19.6. The van der Waals surface area contributed by atoms with Crippen molar-refractivity contribution < 1.29 is 30.5 Å². The minimum absolute atomic E-state index is 0. The van der Waals surface area contributed by atoms with Crippen molar-refractivity contribution in [2.45, 2.75) is 46.8 Å². The summed E-state index contributed by atoms with van der Waals surface area (Å²) in [4.78, 5) is 9.24. The number of hydrogen-bond acceptors (Lipinski definition) is 4. The zero-order valence-corrected chi connectivity index (χ0v) is 35.6. The van der Waals surface area contributed by atoms with Gasteiger partial charge >= 0.3 is 21.1 Å². The number of aryl methyl sites for hydroxylation is 3. The molecule has 4 aromatic heterocycles. The van der Waals surface area contributed by atoms with Crippen LogP contribution in [-0.2, 0) is 37.1 Å². The van der Waals surface area contributed by atoms with Gasteiger partial charge in [-0.3, -0.25) is 9.97 Å². The minimum atomic E-state index is 0. The van der Waals surface area contributed by atoms with Crippen molar-refractivity contribution in [2.24, 2.45) is 0 Å². The molecule has 0 saturated carbocycles. The van der Waals surface area contributed by atoms with Crippen LogP contribution in [0.3, 0.4) is 0 Å². The monoisotopic (exact) mass is 939 g/mol. The van der Waals surface area contributed by atoms with Crippen molar-refractivity contribution in [1.29, 1.82) is 0 Å². The van der Waals surface area contributed by atoms with Crippen LogP contribution in [0.2, 0.25) is 0 Å². The van der Waals surface area contributed by atoms with Gasteiger partial charge < -0.3 is 18.3 Å². The van der Waals surface area contributed by atoms with E-state index in [1.165, 1.54) is 71.6 Å². The van der Waals surface area contributed by atoms with Crippen LogP contribution in [0.1, 0.15) is 35.6 Å². The van der Waals surface area contributed by atoms with Crippen molar-refractivity contribution in [2.75, 3.05) is 13.7 Å². The summed E-state index contributed by atoms with van der Waals surface area (Å²) < 4.78 is 15.6. The fraction of sp³-hybridized carbons (Fsp3) is 0.176. The number of ether oxygens (including phenoxy) is 2. The molecule has 0 aliphatic heterocycles. The largest absolute Gasteiger partial charge is 2.00 e. The van der Waals surface area contributed by atoms with Crippen LogP contribution in [0.5, 0.6) is 0 Å². The van der Waals surface area contributed by atoms with Crippen LogP contribution in [0.15, 0.2) is 134 Å². The maximum absolute atomic E-state index is 5.89. The summed E-state index contributed by atoms with van der Waals surface area (Å²) in [6.07, 6.45) is 8.85. The smallest absolute Gasteiger partial charge is 0.379 e. The van der Waals surface area contributed by atoms with Crippen LogP contribution in [0.25, 0.3) is 76.9 Å². The Morgan fingerprint density at radius 1 is 0.638 bits per heavy atom. The number of para-hydroxylation sites is 2. The van der Waals surface area contributed by atoms with E-state index in [1.807, 2.05) is 36.9 Å². The number of pyridine rings is 2. The summed E-state index contributed by atoms with van der Waals surface area (Å²) in [5.41, 5.74) is 14.1. The first kappa shape index (κ1) is 39.2. The molecule has 1 atom stereocenters. The molecule has 0 fully saturated rings. The Balaban J connectivity index is 0.000000163. The predicted octanol–water partition coefficient (Wildman–Crippen LogP) is 12.1. The van der Waals surface area contributed by atoms with Gasteiger partial charge in [0.05, 0.1) is 30.6 Å². The number of hydrogen-bond donors (Lipinski definition) is 0. The number of fused-ring (bicyclic) bond motifs is 12. The molecule has 4 heterocycles. The Morgan fingerprint density at radius 3 is 1.69 bits per heavy atom. The Hall–Kier alpha value is -5.65. The number of benzene rings is 6. The molecule has 58 heavy (non-hydrogen) atoms. The predicted molar refractivity (Wildman–Crippen MR) is 234 cm³/mol. The van der Waals surface area contributed by atoms with Crippen LogP contribution < -0.4 is 0 Å². The average molecular weight is 940 g/mol. The number of rotatable bonds is 8. The normalized spacial score (nSPS) is 12.0. The summed E-state index contributed by atoms with van der Waals surface area (Å²) in [5, 5.41) is 6.97. The molecule has 290 valence electrons. The van der Waals surface area contributed by atoms with Gasteiger partial charge in [-0.15, -0.1) is 36.4 Å². The second-order valence-corrected chi connectivity index (χ2v) is 14.8. The topological polar surface area (TPSA) is 53.1 Å². The molecule has 6 nitrogen and oxygen atoms in total. The molecule has 0 N–H and O–H groups in total. The molecule has 0 saturated heterocycles. The van der Waals surface area contributed by atoms with E-state index in [0.717, 1.165) is 34.0 Å². The second-order valence-electron chi connectivity index (χ2n) is 14.8. The Bertz CT molecular complexity index is 3090. The molecule has 0 amide bonds. The molecular formula is C51H44N4O2Pt. The Labute approximate surface area is 353 Å². The summed E-state index contributed by atoms with van der Waals surface area (Å²) in [6.45, 7) is 9.79. The fourth-order valence-electron chi connectivity index (χ4n) is 8.41. The zero-order valence-electron chi connectivity index (χ0n) is 33.3. The van der Waals surface area contributed by atoms with Crippen molar-refractivity contribution >= 4 is 54.6 Å². The van der Waals surface area contributed by atoms with Gasteiger partial charge in [0.15, 0.2) is 0 Å². The Kier molecular flexibility index (Phi) is 11.3. The fourth-order valence-corrected chi connectivity index (χ4v) is 8.41. The van der Waals surface area contributed by atoms with Gasteiger partial charge in [0.2, 0.25) is 0 Å². The van der Waals surface area contributed by atoms with E-state index in [4.69, 9.17) is 9.47 Å². The van der Waals surface area contributed by atoms with E-state index < -0.39 is 0 Å². The number of nitrogens with zero attached hydrogens (tertiary/aromatic N) is 4. The first-order valence-corrected chi connectivity index (χ1v) is 19.6. The van der Waals surface area contributed by atoms with E-state index in [-0.39, 0.29) is 27.2 Å². The van der Waals surface area contributed by atoms with Crippen molar-refractivity contribution in [1.82, 2.24) is 18.8 Å². The SMILES string of the molecule is CCC(COCc1ccc(-c2cc[c-]c3c2c2ccccc2n2ccnc32)c(C)c1)OC.Cc1ccc(-c2cc[c-]c3c2c2ccccc2n2ccnc32)c(C)c1.[Pt+2]. The van der Waals surface area contributed by atoms with Gasteiger partial charge in [-0.05, 0) is 77.9 Å². The first-order chi connectivity index (χ1) is 27.9. The third-order valence-electron chi connectivity index (χ3n) is 11.2. The molecule has 0 aliphatic carbocycles. The van der Waals surface area contributed by atoms with Crippen LogP contribution in [-0.4, -0.2) is 38.6 Å². The molecule has 0 bridgehead atoms.